The van der Waals surface area contributed by atoms with Crippen molar-refractivity contribution >= 4 is 0 Å². The molecule has 36 heavy (non-hydrogen) atoms. The summed E-state index contributed by atoms with van der Waals surface area (Å²) in [5, 5.41) is 0. The quantitative estimate of drug-likeness (QED) is 0.232. The second kappa shape index (κ2) is 9.59. The van der Waals surface area contributed by atoms with Crippen molar-refractivity contribution in [2.75, 3.05) is 0 Å². The van der Waals surface area contributed by atoms with Crippen LogP contribution in [0, 0.1) is 34.6 Å². The molecule has 0 aliphatic heterocycles. The molecule has 0 amide bonds. The Labute approximate surface area is 215 Å². The standard InChI is InChI=1S/C35H34N/c1-23-15-17-31(24(2)19-23)34-21-35(36(6)22-26(34)4)33-14-10-13-32(27(33)5)30-18-16-29(20-25(30)3)28-11-8-7-9-12-28/h7-22H,1-6H3/q+1. The normalized spacial score (nSPS) is 11.1. The van der Waals surface area contributed by atoms with Gasteiger partial charge in [0.1, 0.15) is 7.05 Å². The molecular weight excluding hydrogens is 434 g/mol. The van der Waals surface area contributed by atoms with Gasteiger partial charge in [-0.15, -0.1) is 0 Å². The van der Waals surface area contributed by atoms with Crippen LogP contribution in [0.15, 0.2) is 97.2 Å². The molecule has 4 aromatic carbocycles. The Morgan fingerprint density at radius 3 is 1.86 bits per heavy atom. The number of pyridine rings is 1. The molecule has 1 nitrogen and oxygen atoms in total. The van der Waals surface area contributed by atoms with Crippen molar-refractivity contribution in [3.63, 3.8) is 0 Å². The van der Waals surface area contributed by atoms with Gasteiger partial charge in [0.2, 0.25) is 5.69 Å². The average Bonchev–Trinajstić information content (AvgIpc) is 2.86. The predicted molar refractivity (Wildman–Crippen MR) is 153 cm³/mol. The molecule has 1 heterocycles. The summed E-state index contributed by atoms with van der Waals surface area (Å²) >= 11 is 0. The molecule has 5 rings (SSSR count). The minimum absolute atomic E-state index is 1.23. The molecule has 0 unspecified atom stereocenters. The Balaban J connectivity index is 1.61. The molecule has 1 aromatic heterocycles. The number of aryl methyl sites for hydroxylation is 5. The predicted octanol–water partition coefficient (Wildman–Crippen LogP) is 8.72. The summed E-state index contributed by atoms with van der Waals surface area (Å²) in [6.07, 6.45) is 2.26. The third-order valence-electron chi connectivity index (χ3n) is 7.38. The van der Waals surface area contributed by atoms with Gasteiger partial charge in [-0.1, -0.05) is 84.4 Å². The smallest absolute Gasteiger partial charge is 0.201 e. The molecule has 1 heteroatoms. The SMILES string of the molecule is Cc1ccc(-c2cc(-c3cccc(-c4ccc(-c5ccccc5)cc4C)c3C)[n+](C)cc2C)c(C)c1. The molecule has 0 saturated carbocycles. The number of aromatic nitrogens is 1. The fourth-order valence-corrected chi connectivity index (χ4v) is 5.44. The lowest BCUT2D eigenvalue weighted by Gasteiger charge is -2.15. The molecule has 0 N–H and O–H groups in total. The molecule has 0 aliphatic rings. The minimum Gasteiger partial charge on any atom is -0.201 e. The van der Waals surface area contributed by atoms with Crippen molar-refractivity contribution in [1.82, 2.24) is 0 Å². The highest BCUT2D eigenvalue weighted by Crippen LogP contribution is 2.36. The summed E-state index contributed by atoms with van der Waals surface area (Å²) in [7, 11) is 2.15. The number of benzene rings is 4. The van der Waals surface area contributed by atoms with Crippen LogP contribution in [0.1, 0.15) is 27.8 Å². The van der Waals surface area contributed by atoms with Crippen LogP contribution >= 0.6 is 0 Å². The topological polar surface area (TPSA) is 3.88 Å². The van der Waals surface area contributed by atoms with Gasteiger partial charge < -0.3 is 0 Å². The third-order valence-corrected chi connectivity index (χ3v) is 7.38. The first kappa shape index (κ1) is 23.8. The van der Waals surface area contributed by atoms with Crippen LogP contribution in [-0.2, 0) is 7.05 Å². The molecule has 0 radical (unpaired) electrons. The van der Waals surface area contributed by atoms with Gasteiger partial charge in [-0.05, 0) is 90.8 Å². The molecule has 178 valence electrons. The van der Waals surface area contributed by atoms with E-state index in [0.717, 1.165) is 0 Å². The second-order valence-corrected chi connectivity index (χ2v) is 10.1. The summed E-state index contributed by atoms with van der Waals surface area (Å²) in [4.78, 5) is 0. The summed E-state index contributed by atoms with van der Waals surface area (Å²) < 4.78 is 2.26. The first-order valence-corrected chi connectivity index (χ1v) is 12.7. The van der Waals surface area contributed by atoms with Crippen molar-refractivity contribution in [2.45, 2.75) is 34.6 Å². The van der Waals surface area contributed by atoms with E-state index in [1.54, 1.807) is 0 Å². The van der Waals surface area contributed by atoms with E-state index in [4.69, 9.17) is 0 Å². The van der Waals surface area contributed by atoms with E-state index in [1.165, 1.54) is 72.5 Å². The van der Waals surface area contributed by atoms with Crippen molar-refractivity contribution < 1.29 is 4.57 Å². The second-order valence-electron chi connectivity index (χ2n) is 10.1. The van der Waals surface area contributed by atoms with Crippen molar-refractivity contribution in [3.05, 3.63) is 125 Å². The fraction of sp³-hybridized carbons (Fsp3) is 0.171. The summed E-state index contributed by atoms with van der Waals surface area (Å²) in [6.45, 7) is 11.1. The van der Waals surface area contributed by atoms with Crippen LogP contribution in [0.2, 0.25) is 0 Å². The van der Waals surface area contributed by atoms with Crippen LogP contribution in [0.25, 0.3) is 44.6 Å². The van der Waals surface area contributed by atoms with E-state index in [1.807, 2.05) is 0 Å². The highest BCUT2D eigenvalue weighted by atomic mass is 14.9. The number of hydrogen-bond donors (Lipinski definition) is 0. The van der Waals surface area contributed by atoms with Gasteiger partial charge in [0, 0.05) is 17.2 Å². The van der Waals surface area contributed by atoms with Crippen LogP contribution in [0.4, 0.5) is 0 Å². The number of hydrogen-bond acceptors (Lipinski definition) is 0. The Morgan fingerprint density at radius 1 is 0.472 bits per heavy atom. The van der Waals surface area contributed by atoms with Gasteiger partial charge in [-0.25, -0.2) is 4.57 Å². The number of nitrogens with zero attached hydrogens (tertiary/aromatic N) is 1. The van der Waals surface area contributed by atoms with E-state index >= 15 is 0 Å². The Bertz CT molecular complexity index is 1570. The zero-order valence-electron chi connectivity index (χ0n) is 22.2. The Morgan fingerprint density at radius 2 is 1.14 bits per heavy atom. The van der Waals surface area contributed by atoms with E-state index < -0.39 is 0 Å². The summed E-state index contributed by atoms with van der Waals surface area (Å²) in [5.74, 6) is 0. The summed E-state index contributed by atoms with van der Waals surface area (Å²) in [5.41, 5.74) is 16.7. The van der Waals surface area contributed by atoms with E-state index in [9.17, 15) is 0 Å². The fourth-order valence-electron chi connectivity index (χ4n) is 5.44. The lowest BCUT2D eigenvalue weighted by atomic mass is 9.89. The van der Waals surface area contributed by atoms with Gasteiger partial charge in [0.05, 0.1) is 0 Å². The van der Waals surface area contributed by atoms with Gasteiger partial charge in [0.25, 0.3) is 0 Å². The average molecular weight is 469 g/mol. The third kappa shape index (κ3) is 4.38. The Hall–Kier alpha value is -3.97. The lowest BCUT2D eigenvalue weighted by molar-refractivity contribution is -0.660. The zero-order chi connectivity index (χ0) is 25.4. The molecule has 0 saturated heterocycles. The molecular formula is C35H34N+. The summed E-state index contributed by atoms with van der Waals surface area (Å²) in [6, 6.07) is 33.2. The maximum absolute atomic E-state index is 2.37. The first-order valence-electron chi connectivity index (χ1n) is 12.7. The largest absolute Gasteiger partial charge is 0.213 e. The number of rotatable bonds is 4. The van der Waals surface area contributed by atoms with Gasteiger partial charge >= 0.3 is 0 Å². The van der Waals surface area contributed by atoms with E-state index in [0.29, 0.717) is 0 Å². The minimum atomic E-state index is 1.23. The lowest BCUT2D eigenvalue weighted by Crippen LogP contribution is -2.31. The van der Waals surface area contributed by atoms with E-state index in [-0.39, 0.29) is 0 Å². The van der Waals surface area contributed by atoms with Crippen molar-refractivity contribution in [1.29, 1.82) is 0 Å². The van der Waals surface area contributed by atoms with Crippen molar-refractivity contribution in [2.24, 2.45) is 7.05 Å². The van der Waals surface area contributed by atoms with Crippen LogP contribution in [-0.4, -0.2) is 0 Å². The van der Waals surface area contributed by atoms with Gasteiger partial charge in [-0.2, -0.15) is 0 Å². The van der Waals surface area contributed by atoms with Crippen LogP contribution in [0.3, 0.4) is 0 Å². The highest BCUT2D eigenvalue weighted by Gasteiger charge is 2.19. The Kier molecular flexibility index (Phi) is 6.33. The molecule has 5 aromatic rings. The molecule has 0 spiro atoms. The monoisotopic (exact) mass is 468 g/mol. The van der Waals surface area contributed by atoms with E-state index in [2.05, 4.69) is 143 Å². The molecule has 0 bridgehead atoms. The first-order chi connectivity index (χ1) is 17.3. The highest BCUT2D eigenvalue weighted by molar-refractivity contribution is 5.81. The molecule has 0 atom stereocenters. The van der Waals surface area contributed by atoms with Gasteiger partial charge in [-0.3, -0.25) is 0 Å². The molecule has 0 aliphatic carbocycles. The maximum Gasteiger partial charge on any atom is 0.213 e. The van der Waals surface area contributed by atoms with Crippen LogP contribution in [0.5, 0.6) is 0 Å². The van der Waals surface area contributed by atoms with Gasteiger partial charge in [0.15, 0.2) is 6.20 Å². The zero-order valence-corrected chi connectivity index (χ0v) is 22.2. The molecule has 0 fully saturated rings. The van der Waals surface area contributed by atoms with Crippen LogP contribution < -0.4 is 4.57 Å². The van der Waals surface area contributed by atoms with Crippen molar-refractivity contribution in [3.8, 4) is 44.6 Å². The maximum atomic E-state index is 2.37.